The third-order valence-electron chi connectivity index (χ3n) is 19.4. The van der Waals surface area contributed by atoms with E-state index < -0.39 is 41.4 Å². The Hall–Kier alpha value is -11.8. The van der Waals surface area contributed by atoms with Gasteiger partial charge in [-0.2, -0.15) is 4.52 Å². The van der Waals surface area contributed by atoms with Crippen LogP contribution in [0, 0.1) is 0 Å². The molecule has 42 nitrogen and oxygen atoms in total. The first-order valence-corrected chi connectivity index (χ1v) is 39.8. The average molecular weight is 1670 g/mol. The van der Waals surface area contributed by atoms with E-state index >= 15 is 0 Å². The van der Waals surface area contributed by atoms with Crippen LogP contribution in [-0.4, -0.2) is 311 Å². The van der Waals surface area contributed by atoms with Crippen molar-refractivity contribution in [2.24, 2.45) is 35.2 Å². The van der Waals surface area contributed by atoms with Gasteiger partial charge in [-0.3, -0.25) is 48.1 Å². The Labute approximate surface area is 693 Å². The molecule has 2 aliphatic rings. The summed E-state index contributed by atoms with van der Waals surface area (Å²) in [6, 6.07) is 15.4. The molecular formula is C78H109N23O19. The molecule has 650 valence electrons. The van der Waals surface area contributed by atoms with E-state index in [1.165, 1.54) is 60.8 Å². The van der Waals surface area contributed by atoms with Gasteiger partial charge in [-0.1, -0.05) is 17.2 Å². The molecule has 0 aliphatic carbocycles. The molecule has 2 aliphatic heterocycles. The number of nitrogens with one attached hydrogen (secondary N) is 8. The highest BCUT2D eigenvalue weighted by atomic mass is 16.6. The van der Waals surface area contributed by atoms with Crippen LogP contribution in [0.4, 0.5) is 28.8 Å². The van der Waals surface area contributed by atoms with Gasteiger partial charge in [0.15, 0.2) is 23.1 Å². The lowest BCUT2D eigenvalue weighted by Crippen LogP contribution is -2.57. The topological polar surface area (TPSA) is 458 Å². The summed E-state index contributed by atoms with van der Waals surface area (Å²) in [4.78, 5) is 135. The molecular weight excluding hydrogens is 1560 g/mol. The fourth-order valence-corrected chi connectivity index (χ4v) is 13.0. The quantitative estimate of drug-likeness (QED) is 0.0250. The summed E-state index contributed by atoms with van der Waals surface area (Å²) in [7, 11) is 9.61. The van der Waals surface area contributed by atoms with Crippen LogP contribution in [0.3, 0.4) is 0 Å². The number of ether oxygens (including phenoxy) is 10. The Kier molecular flexibility index (Phi) is 35.6. The van der Waals surface area contributed by atoms with Gasteiger partial charge < -0.3 is 123 Å². The Morgan fingerprint density at radius 3 is 1.48 bits per heavy atom. The number of carbonyl (C=O) groups is 9. The SMILES string of the molecule is COc1nnc2ccc(N3CCC(c4ccc(OCCN5CCN(CCOCCOCCOCCOCCOCCOCCOCCOCCNC(=O)CCNC(=O)c6nc(NC(=O)CCNC(=O)c7cc(NC(=O)c8nc(NC(=O)CCNC(=O)c9cc(NC(=O)c%10nccn%10C)cn9C)cn8C)cn7C)cn6C)C(=O)[C@H]5C)cc4)CC3)nn12. The second kappa shape index (κ2) is 47.1. The third kappa shape index (κ3) is 27.9. The molecule has 42 heteroatoms. The van der Waals surface area contributed by atoms with E-state index in [2.05, 4.69) is 89.6 Å². The number of aryl methyl sites for hydroxylation is 5. The van der Waals surface area contributed by atoms with E-state index in [1.54, 1.807) is 63.8 Å². The number of methoxy groups -OCH3 is 1. The molecule has 9 heterocycles. The van der Waals surface area contributed by atoms with Crippen LogP contribution < -0.4 is 56.9 Å². The number of piperidine rings is 1. The Morgan fingerprint density at radius 1 is 0.467 bits per heavy atom. The van der Waals surface area contributed by atoms with Gasteiger partial charge >= 0.3 is 6.01 Å². The first kappa shape index (κ1) is 90.6. The number of anilines is 5. The number of nitrogens with zero attached hydrogens (tertiary/aromatic N) is 15. The highest BCUT2D eigenvalue weighted by Crippen LogP contribution is 2.32. The smallest absolute Gasteiger partial charge is 0.338 e. The lowest BCUT2D eigenvalue weighted by molar-refractivity contribution is -0.142. The zero-order chi connectivity index (χ0) is 85.1. The summed E-state index contributed by atoms with van der Waals surface area (Å²) >= 11 is 0. The molecule has 0 saturated carbocycles. The van der Waals surface area contributed by atoms with E-state index in [0.717, 1.165) is 44.0 Å². The molecule has 1 atom stereocenters. The molecule has 0 radical (unpaired) electrons. The predicted molar refractivity (Wildman–Crippen MR) is 435 cm³/mol. The second-order valence-electron chi connectivity index (χ2n) is 28.1. The highest BCUT2D eigenvalue weighted by Gasteiger charge is 2.32. The van der Waals surface area contributed by atoms with Gasteiger partial charge in [0.05, 0.1) is 130 Å². The number of amides is 9. The largest absolute Gasteiger partial charge is 0.492 e. The van der Waals surface area contributed by atoms with Gasteiger partial charge in [0, 0.05) is 157 Å². The molecule has 10 rings (SSSR count). The van der Waals surface area contributed by atoms with E-state index in [0.29, 0.717) is 149 Å². The van der Waals surface area contributed by atoms with Gasteiger partial charge in [0.2, 0.25) is 35.3 Å². The van der Waals surface area contributed by atoms with E-state index in [-0.39, 0.29) is 116 Å². The zero-order valence-electron chi connectivity index (χ0n) is 68.8. The number of benzene rings is 1. The average Bonchev–Trinajstić information content (AvgIpc) is 1.63. The summed E-state index contributed by atoms with van der Waals surface area (Å²) < 4.78 is 65.2. The minimum atomic E-state index is -0.639. The van der Waals surface area contributed by atoms with Crippen molar-refractivity contribution in [1.29, 1.82) is 0 Å². The number of aromatic nitrogens is 12. The maximum absolute atomic E-state index is 13.3. The molecule has 120 heavy (non-hydrogen) atoms. The minimum absolute atomic E-state index is 0.00399. The monoisotopic (exact) mass is 1670 g/mol. The van der Waals surface area contributed by atoms with Gasteiger partial charge in [0.1, 0.15) is 29.6 Å². The Morgan fingerprint density at radius 2 is 0.958 bits per heavy atom. The molecule has 9 amide bonds. The van der Waals surface area contributed by atoms with Crippen molar-refractivity contribution in [2.45, 2.75) is 51.0 Å². The van der Waals surface area contributed by atoms with Gasteiger partial charge in [-0.05, 0) is 67.6 Å². The van der Waals surface area contributed by atoms with Crippen LogP contribution in [0.1, 0.15) is 103 Å². The first-order valence-electron chi connectivity index (χ1n) is 39.8. The number of imidazole rings is 3. The van der Waals surface area contributed by atoms with Crippen LogP contribution >= 0.6 is 0 Å². The van der Waals surface area contributed by atoms with E-state index in [1.807, 2.05) is 36.1 Å². The number of rotatable bonds is 52. The minimum Gasteiger partial charge on any atom is -0.492 e. The van der Waals surface area contributed by atoms with Gasteiger partial charge in [-0.15, -0.1) is 10.2 Å². The van der Waals surface area contributed by atoms with Gasteiger partial charge in [-0.25, -0.2) is 15.0 Å². The highest BCUT2D eigenvalue weighted by molar-refractivity contribution is 6.05. The number of hydrogen-bond acceptors (Lipinski definition) is 27. The molecule has 7 aromatic heterocycles. The Bertz CT molecular complexity index is 4660. The van der Waals surface area contributed by atoms with Crippen molar-refractivity contribution < 1.29 is 90.5 Å². The number of carbonyl (C=O) groups excluding carboxylic acids is 9. The Balaban J connectivity index is 0.453. The fourth-order valence-electron chi connectivity index (χ4n) is 13.0. The summed E-state index contributed by atoms with van der Waals surface area (Å²) in [6.45, 7) is 13.3. The van der Waals surface area contributed by atoms with Crippen molar-refractivity contribution in [3.05, 3.63) is 120 Å². The number of hydrogen-bond donors (Lipinski definition) is 8. The molecule has 1 aromatic carbocycles. The zero-order valence-corrected chi connectivity index (χ0v) is 68.8. The number of fused-ring (bicyclic) bond motifs is 1. The standard InChI is InChI=1S/C78H109N23O19/c1-54-77(110)100(28-27-98(54)30-33-120-59-10-8-55(9-11-59)56-17-24-99(25-18-56)65-13-12-64-90-91-78(111-7)101(64)92-65)29-32-113-35-37-115-39-41-117-43-45-119-47-46-118-44-42-116-40-38-114-36-34-112-31-23-79-66(102)14-19-83-74(107)70-88-62(52-96(70)5)86-67(103)15-20-82-73(106)61-49-58(51-95(61)4)85-76(109)71-89-63(53-97(71)6)87-68(104)16-21-81-72(105)60-48-57(50-94(60)3)84-75(108)69-80-22-26-93(69)2/h8-13,22,26,48-54,56H,14-21,23-25,27-47H2,1-7H3,(H,79,102)(H,81,105)(H,82,106)(H,83,107)(H,84,108)(H,85,109)(H,86,103)(H,87,104)/t54-/m1/s1. The van der Waals surface area contributed by atoms with Crippen molar-refractivity contribution in [3.63, 3.8) is 0 Å². The molecule has 2 fully saturated rings. The molecule has 0 unspecified atom stereocenters. The molecule has 8 aromatic rings. The van der Waals surface area contributed by atoms with E-state index in [9.17, 15) is 43.2 Å². The van der Waals surface area contributed by atoms with Crippen LogP contribution in [-0.2, 0) is 92.3 Å². The van der Waals surface area contributed by atoms with Crippen molar-refractivity contribution in [1.82, 2.24) is 88.7 Å². The van der Waals surface area contributed by atoms with Crippen molar-refractivity contribution in [2.75, 3.05) is 211 Å². The van der Waals surface area contributed by atoms with Crippen LogP contribution in [0.25, 0.3) is 5.65 Å². The normalized spacial score (nSPS) is 13.8. The van der Waals surface area contributed by atoms with Crippen molar-refractivity contribution >= 4 is 87.6 Å². The lowest BCUT2D eigenvalue weighted by atomic mass is 9.89. The summed E-state index contributed by atoms with van der Waals surface area (Å²) in [5, 5.41) is 34.1. The summed E-state index contributed by atoms with van der Waals surface area (Å²) in [5.41, 5.74) is 3.01. The molecule has 0 bridgehead atoms. The lowest BCUT2D eigenvalue weighted by Gasteiger charge is -2.39. The van der Waals surface area contributed by atoms with E-state index in [4.69, 9.17) is 52.5 Å². The second-order valence-corrected chi connectivity index (χ2v) is 28.1. The maximum Gasteiger partial charge on any atom is 0.338 e. The van der Waals surface area contributed by atoms with Crippen LogP contribution in [0.5, 0.6) is 11.8 Å². The first-order chi connectivity index (χ1) is 58.2. The number of piperazine rings is 1. The van der Waals surface area contributed by atoms with Crippen LogP contribution in [0.15, 0.2) is 85.7 Å². The molecule has 8 N–H and O–H groups in total. The summed E-state index contributed by atoms with van der Waals surface area (Å²) in [5.74, 6) is -1.39. The third-order valence-corrected chi connectivity index (χ3v) is 19.4. The molecule has 0 spiro atoms. The van der Waals surface area contributed by atoms with Crippen LogP contribution in [0.2, 0.25) is 0 Å². The predicted octanol–water partition coefficient (Wildman–Crippen LogP) is 1.40. The maximum atomic E-state index is 13.3. The summed E-state index contributed by atoms with van der Waals surface area (Å²) in [6.07, 6.45) is 10.9. The molecule has 2 saturated heterocycles. The fraction of sp³-hybridized carbons (Fsp3) is 0.526. The van der Waals surface area contributed by atoms with Crippen molar-refractivity contribution in [3.8, 4) is 11.8 Å². The van der Waals surface area contributed by atoms with Gasteiger partial charge in [0.25, 0.3) is 29.5 Å².